The molecule has 4 N–H and O–H groups in total. The van der Waals surface area contributed by atoms with Gasteiger partial charge in [-0.3, -0.25) is 0 Å². The predicted molar refractivity (Wildman–Crippen MR) is 86.9 cm³/mol. The largest absolute Gasteiger partial charge is 0.383 e. The van der Waals surface area contributed by atoms with Gasteiger partial charge in [0.1, 0.15) is 5.82 Å². The highest BCUT2D eigenvalue weighted by atomic mass is 15.1. The molecule has 1 heterocycles. The highest BCUT2D eigenvalue weighted by molar-refractivity contribution is 5.75. The summed E-state index contributed by atoms with van der Waals surface area (Å²) < 4.78 is 0. The second-order valence-corrected chi connectivity index (χ2v) is 4.61. The Balaban J connectivity index is 1.91. The molecule has 0 amide bonds. The SMILES string of the molecule is Nc1ncc(-c2cccc(N=Nc3ccccc3)c2)c(N)n1. The van der Waals surface area contributed by atoms with Crippen molar-refractivity contribution in [1.82, 2.24) is 9.97 Å². The lowest BCUT2D eigenvalue weighted by Crippen LogP contribution is -2.00. The lowest BCUT2D eigenvalue weighted by atomic mass is 10.1. The number of azo groups is 1. The van der Waals surface area contributed by atoms with Crippen LogP contribution in [0.1, 0.15) is 0 Å². The summed E-state index contributed by atoms with van der Waals surface area (Å²) in [6.45, 7) is 0. The number of aromatic nitrogens is 2. The van der Waals surface area contributed by atoms with Crippen molar-refractivity contribution < 1.29 is 0 Å². The summed E-state index contributed by atoms with van der Waals surface area (Å²) in [7, 11) is 0. The molecule has 1 aromatic heterocycles. The average Bonchev–Trinajstić information content (AvgIpc) is 2.54. The molecular weight excluding hydrogens is 276 g/mol. The molecule has 0 aliphatic heterocycles. The maximum atomic E-state index is 5.88. The Hall–Kier alpha value is -3.28. The molecule has 0 bridgehead atoms. The fourth-order valence-electron chi connectivity index (χ4n) is 1.98. The minimum Gasteiger partial charge on any atom is -0.383 e. The molecule has 6 heteroatoms. The van der Waals surface area contributed by atoms with Crippen LogP contribution < -0.4 is 11.5 Å². The van der Waals surface area contributed by atoms with Crippen LogP contribution in [0, 0.1) is 0 Å². The van der Waals surface area contributed by atoms with E-state index in [2.05, 4.69) is 20.2 Å². The molecule has 0 saturated carbocycles. The first-order chi connectivity index (χ1) is 10.7. The van der Waals surface area contributed by atoms with E-state index in [-0.39, 0.29) is 5.95 Å². The number of nitrogens with zero attached hydrogens (tertiary/aromatic N) is 4. The minimum atomic E-state index is 0.154. The van der Waals surface area contributed by atoms with Gasteiger partial charge in [-0.25, -0.2) is 4.98 Å². The molecule has 0 fully saturated rings. The summed E-state index contributed by atoms with van der Waals surface area (Å²) in [4.78, 5) is 7.94. The fraction of sp³-hybridized carbons (Fsp3) is 0. The van der Waals surface area contributed by atoms with Gasteiger partial charge in [-0.1, -0.05) is 30.3 Å². The number of benzene rings is 2. The second-order valence-electron chi connectivity index (χ2n) is 4.61. The molecule has 108 valence electrons. The molecule has 0 aliphatic carbocycles. The summed E-state index contributed by atoms with van der Waals surface area (Å²) >= 11 is 0. The molecule has 2 aromatic carbocycles. The number of hydrogen-bond donors (Lipinski definition) is 2. The van der Waals surface area contributed by atoms with E-state index in [0.717, 1.165) is 16.9 Å². The quantitative estimate of drug-likeness (QED) is 0.717. The van der Waals surface area contributed by atoms with Crippen molar-refractivity contribution in [2.45, 2.75) is 0 Å². The normalized spacial score (nSPS) is 10.9. The third kappa shape index (κ3) is 3.06. The number of hydrogen-bond acceptors (Lipinski definition) is 6. The third-order valence-electron chi connectivity index (χ3n) is 3.03. The van der Waals surface area contributed by atoms with Gasteiger partial charge in [0.25, 0.3) is 0 Å². The Labute approximate surface area is 127 Å². The number of anilines is 2. The molecule has 0 radical (unpaired) electrons. The third-order valence-corrected chi connectivity index (χ3v) is 3.03. The van der Waals surface area contributed by atoms with Gasteiger partial charge < -0.3 is 11.5 Å². The van der Waals surface area contributed by atoms with E-state index in [9.17, 15) is 0 Å². The van der Waals surface area contributed by atoms with Crippen LogP contribution in [0.4, 0.5) is 23.1 Å². The summed E-state index contributed by atoms with van der Waals surface area (Å²) in [5.74, 6) is 0.491. The van der Waals surface area contributed by atoms with Crippen molar-refractivity contribution in [1.29, 1.82) is 0 Å². The van der Waals surface area contributed by atoms with E-state index in [4.69, 9.17) is 11.5 Å². The molecule has 3 rings (SSSR count). The van der Waals surface area contributed by atoms with Crippen LogP contribution in [0.3, 0.4) is 0 Å². The van der Waals surface area contributed by atoms with Crippen LogP contribution in [0.15, 0.2) is 71.0 Å². The van der Waals surface area contributed by atoms with Gasteiger partial charge in [0, 0.05) is 11.8 Å². The zero-order valence-corrected chi connectivity index (χ0v) is 11.7. The van der Waals surface area contributed by atoms with Crippen LogP contribution in [0.5, 0.6) is 0 Å². The van der Waals surface area contributed by atoms with Gasteiger partial charge >= 0.3 is 0 Å². The molecule has 0 spiro atoms. The van der Waals surface area contributed by atoms with Crippen molar-refractivity contribution in [3.63, 3.8) is 0 Å². The first-order valence-corrected chi connectivity index (χ1v) is 6.67. The van der Waals surface area contributed by atoms with Crippen LogP contribution in [0.25, 0.3) is 11.1 Å². The summed E-state index contributed by atoms with van der Waals surface area (Å²) in [6.07, 6.45) is 1.60. The van der Waals surface area contributed by atoms with E-state index in [1.807, 2.05) is 54.6 Å². The zero-order valence-electron chi connectivity index (χ0n) is 11.7. The summed E-state index contributed by atoms with van der Waals surface area (Å²) in [5.41, 5.74) is 14.5. The fourth-order valence-corrected chi connectivity index (χ4v) is 1.98. The van der Waals surface area contributed by atoms with Crippen molar-refractivity contribution in [3.8, 4) is 11.1 Å². The molecule has 0 unspecified atom stereocenters. The van der Waals surface area contributed by atoms with Gasteiger partial charge in [0.15, 0.2) is 0 Å². The number of nitrogen functional groups attached to an aromatic ring is 2. The summed E-state index contributed by atoms with van der Waals surface area (Å²) in [5, 5.41) is 8.42. The number of nitrogens with two attached hydrogens (primary N) is 2. The van der Waals surface area contributed by atoms with E-state index in [1.54, 1.807) is 6.20 Å². The number of rotatable bonds is 3. The van der Waals surface area contributed by atoms with Gasteiger partial charge in [0.2, 0.25) is 5.95 Å². The minimum absolute atomic E-state index is 0.154. The van der Waals surface area contributed by atoms with Crippen molar-refractivity contribution >= 4 is 23.1 Å². The highest BCUT2D eigenvalue weighted by Gasteiger charge is 2.06. The topological polar surface area (TPSA) is 103 Å². The standard InChI is InChI=1S/C16H14N6/c17-15-14(10-19-16(18)20-15)11-5-4-8-13(9-11)22-21-12-6-2-1-3-7-12/h1-10H,(H4,17,18,19,20). The maximum absolute atomic E-state index is 5.88. The van der Waals surface area contributed by atoms with Crippen LogP contribution >= 0.6 is 0 Å². The molecule has 6 nitrogen and oxygen atoms in total. The van der Waals surface area contributed by atoms with Gasteiger partial charge in [0.05, 0.1) is 11.4 Å². The molecular formula is C16H14N6. The average molecular weight is 290 g/mol. The maximum Gasteiger partial charge on any atom is 0.221 e. The van der Waals surface area contributed by atoms with Gasteiger partial charge in [-0.15, -0.1) is 0 Å². The Morgan fingerprint density at radius 2 is 1.55 bits per heavy atom. The van der Waals surface area contributed by atoms with E-state index in [0.29, 0.717) is 11.4 Å². The molecule has 22 heavy (non-hydrogen) atoms. The Bertz CT molecular complexity index is 814. The van der Waals surface area contributed by atoms with Crippen LogP contribution in [-0.2, 0) is 0 Å². The molecule has 0 aliphatic rings. The molecule has 0 atom stereocenters. The monoisotopic (exact) mass is 290 g/mol. The van der Waals surface area contributed by atoms with Crippen molar-refractivity contribution in [3.05, 3.63) is 60.8 Å². The van der Waals surface area contributed by atoms with Crippen molar-refractivity contribution in [2.75, 3.05) is 11.5 Å². The zero-order chi connectivity index (χ0) is 15.4. The van der Waals surface area contributed by atoms with E-state index >= 15 is 0 Å². The van der Waals surface area contributed by atoms with Gasteiger partial charge in [-0.2, -0.15) is 15.2 Å². The lowest BCUT2D eigenvalue weighted by Gasteiger charge is -2.05. The lowest BCUT2D eigenvalue weighted by molar-refractivity contribution is 1.19. The first kappa shape index (κ1) is 13.7. The van der Waals surface area contributed by atoms with Crippen molar-refractivity contribution in [2.24, 2.45) is 10.2 Å². The van der Waals surface area contributed by atoms with Crippen LogP contribution in [-0.4, -0.2) is 9.97 Å². The Morgan fingerprint density at radius 3 is 2.32 bits per heavy atom. The van der Waals surface area contributed by atoms with E-state index < -0.39 is 0 Å². The second kappa shape index (κ2) is 6.01. The van der Waals surface area contributed by atoms with Crippen LogP contribution in [0.2, 0.25) is 0 Å². The smallest absolute Gasteiger partial charge is 0.221 e. The Kier molecular flexibility index (Phi) is 3.74. The summed E-state index contributed by atoms with van der Waals surface area (Å²) in [6, 6.07) is 17.1. The molecule has 3 aromatic rings. The Morgan fingerprint density at radius 1 is 0.818 bits per heavy atom. The molecule has 0 saturated heterocycles. The van der Waals surface area contributed by atoms with E-state index in [1.165, 1.54) is 0 Å². The van der Waals surface area contributed by atoms with Gasteiger partial charge in [-0.05, 0) is 29.8 Å². The highest BCUT2D eigenvalue weighted by Crippen LogP contribution is 2.28. The first-order valence-electron chi connectivity index (χ1n) is 6.67. The predicted octanol–water partition coefficient (Wildman–Crippen LogP) is 3.72.